The first kappa shape index (κ1) is 35.1. The molecular formula is C30H49N5O7. The maximum atomic E-state index is 13.2. The summed E-state index contributed by atoms with van der Waals surface area (Å²) in [7, 11) is 1.80. The monoisotopic (exact) mass is 591 g/mol. The Kier molecular flexibility index (Phi) is 16.7. The molecule has 1 aliphatic rings. The van der Waals surface area contributed by atoms with Crippen molar-refractivity contribution in [3.05, 3.63) is 35.9 Å². The highest BCUT2D eigenvalue weighted by Gasteiger charge is 2.23. The van der Waals surface area contributed by atoms with E-state index in [0.29, 0.717) is 78.7 Å². The number of carbonyl (C=O) groups excluding carboxylic acids is 4. The Morgan fingerprint density at radius 3 is 1.26 bits per heavy atom. The van der Waals surface area contributed by atoms with Gasteiger partial charge in [0.15, 0.2) is 0 Å². The summed E-state index contributed by atoms with van der Waals surface area (Å²) in [5.41, 5.74) is 1.05. The van der Waals surface area contributed by atoms with Gasteiger partial charge in [-0.1, -0.05) is 30.3 Å². The zero-order valence-electron chi connectivity index (χ0n) is 25.8. The van der Waals surface area contributed by atoms with Crippen LogP contribution in [0, 0.1) is 0 Å². The Morgan fingerprint density at radius 2 is 0.929 bits per heavy atom. The lowest BCUT2D eigenvalue weighted by molar-refractivity contribution is -0.146. The fourth-order valence-electron chi connectivity index (χ4n) is 4.64. The quantitative estimate of drug-likeness (QED) is 0.237. The third-order valence-corrected chi connectivity index (χ3v) is 6.95. The molecule has 0 aromatic heterocycles. The molecule has 1 amide bonds. The van der Waals surface area contributed by atoms with Gasteiger partial charge in [-0.05, 0) is 26.3 Å². The maximum Gasteiger partial charge on any atom is 0.320 e. The minimum absolute atomic E-state index is 0.0135. The minimum atomic E-state index is -0.317. The molecule has 1 aromatic carbocycles. The second-order valence-electron chi connectivity index (χ2n) is 10.3. The van der Waals surface area contributed by atoms with Crippen molar-refractivity contribution in [2.45, 2.75) is 27.3 Å². The van der Waals surface area contributed by atoms with Crippen molar-refractivity contribution in [3.8, 4) is 0 Å². The highest BCUT2D eigenvalue weighted by atomic mass is 16.5. The highest BCUT2D eigenvalue weighted by Crippen LogP contribution is 2.06. The third kappa shape index (κ3) is 14.2. The van der Waals surface area contributed by atoms with Gasteiger partial charge in [0.1, 0.15) is 0 Å². The van der Waals surface area contributed by atoms with Gasteiger partial charge in [-0.2, -0.15) is 0 Å². The first-order valence-electron chi connectivity index (χ1n) is 14.9. The Balaban J connectivity index is 2.19. The van der Waals surface area contributed by atoms with Gasteiger partial charge in [-0.15, -0.1) is 0 Å². The second-order valence-corrected chi connectivity index (χ2v) is 10.3. The number of ether oxygens (including phenoxy) is 3. The summed E-state index contributed by atoms with van der Waals surface area (Å²) in [4.78, 5) is 60.1. The molecule has 1 aliphatic heterocycles. The van der Waals surface area contributed by atoms with Crippen LogP contribution in [0.25, 0.3) is 0 Å². The zero-order chi connectivity index (χ0) is 30.7. The predicted octanol–water partition coefficient (Wildman–Crippen LogP) is 0.556. The molecule has 1 aromatic rings. The predicted molar refractivity (Wildman–Crippen MR) is 159 cm³/mol. The van der Waals surface area contributed by atoms with Crippen LogP contribution in [0.2, 0.25) is 0 Å². The van der Waals surface area contributed by atoms with Crippen LogP contribution < -0.4 is 0 Å². The van der Waals surface area contributed by atoms with Crippen LogP contribution >= 0.6 is 0 Å². The number of carbonyl (C=O) groups is 4. The van der Waals surface area contributed by atoms with E-state index in [1.807, 2.05) is 45.0 Å². The molecule has 0 atom stereocenters. The van der Waals surface area contributed by atoms with Crippen molar-refractivity contribution in [3.63, 3.8) is 0 Å². The fraction of sp³-hybridized carbons (Fsp3) is 0.667. The number of rotatable bonds is 13. The van der Waals surface area contributed by atoms with E-state index in [-0.39, 0.29) is 50.0 Å². The Hall–Kier alpha value is -3.06. The first-order valence-corrected chi connectivity index (χ1v) is 14.9. The largest absolute Gasteiger partial charge is 0.465 e. The van der Waals surface area contributed by atoms with E-state index in [2.05, 4.69) is 4.90 Å². The lowest BCUT2D eigenvalue weighted by Crippen LogP contribution is -2.50. The van der Waals surface area contributed by atoms with Crippen LogP contribution in [0.4, 0.5) is 0 Å². The van der Waals surface area contributed by atoms with E-state index >= 15 is 0 Å². The molecule has 0 radical (unpaired) electrons. The van der Waals surface area contributed by atoms with E-state index < -0.39 is 0 Å². The summed E-state index contributed by atoms with van der Waals surface area (Å²) < 4.78 is 15.6. The molecular weight excluding hydrogens is 542 g/mol. The van der Waals surface area contributed by atoms with Crippen molar-refractivity contribution in [1.29, 1.82) is 0 Å². The number of likely N-dealkylation sites (N-methyl/N-ethyl adjacent to an activating group) is 1. The molecule has 12 heteroatoms. The molecule has 1 saturated heterocycles. The number of amides is 1. The average molecular weight is 592 g/mol. The third-order valence-electron chi connectivity index (χ3n) is 6.95. The zero-order valence-corrected chi connectivity index (χ0v) is 25.8. The van der Waals surface area contributed by atoms with Crippen LogP contribution in [-0.4, -0.2) is 154 Å². The molecule has 0 saturated carbocycles. The van der Waals surface area contributed by atoms with Gasteiger partial charge in [-0.25, -0.2) is 0 Å². The molecule has 0 unspecified atom stereocenters. The molecule has 0 N–H and O–H groups in total. The summed E-state index contributed by atoms with van der Waals surface area (Å²) >= 11 is 0. The summed E-state index contributed by atoms with van der Waals surface area (Å²) in [6.45, 7) is 11.5. The van der Waals surface area contributed by atoms with E-state index in [1.165, 1.54) is 0 Å². The first-order chi connectivity index (χ1) is 20.2. The van der Waals surface area contributed by atoms with Crippen molar-refractivity contribution in [2.75, 3.05) is 105 Å². The van der Waals surface area contributed by atoms with Gasteiger partial charge in [-0.3, -0.25) is 38.8 Å². The summed E-state index contributed by atoms with van der Waals surface area (Å²) in [6, 6.07) is 9.84. The van der Waals surface area contributed by atoms with Gasteiger partial charge >= 0.3 is 17.9 Å². The van der Waals surface area contributed by atoms with Crippen LogP contribution in [-0.2, 0) is 39.9 Å². The van der Waals surface area contributed by atoms with Gasteiger partial charge in [0, 0.05) is 66.0 Å². The SMILES string of the molecule is CCOC(=O)CN1CCN(CC(=O)OCC)CCN(CC(=O)N(C)Cc2ccccc2)CCN(CC(=O)OCC)CC1. The minimum Gasteiger partial charge on any atom is -0.465 e. The second kappa shape index (κ2) is 20.0. The van der Waals surface area contributed by atoms with Crippen LogP contribution in [0.3, 0.4) is 0 Å². The highest BCUT2D eigenvalue weighted by molar-refractivity contribution is 5.78. The molecule has 0 aliphatic carbocycles. The number of esters is 3. The number of hydrogen-bond donors (Lipinski definition) is 0. The molecule has 1 heterocycles. The van der Waals surface area contributed by atoms with Crippen molar-refractivity contribution >= 4 is 23.8 Å². The lowest BCUT2D eigenvalue weighted by atomic mass is 10.2. The smallest absolute Gasteiger partial charge is 0.320 e. The molecule has 0 spiro atoms. The Morgan fingerprint density at radius 1 is 0.595 bits per heavy atom. The molecule has 1 fully saturated rings. The molecule has 0 bridgehead atoms. The summed E-state index contributed by atoms with van der Waals surface area (Å²) in [5, 5.41) is 0. The summed E-state index contributed by atoms with van der Waals surface area (Å²) in [6.07, 6.45) is 0. The maximum absolute atomic E-state index is 13.2. The molecule has 12 nitrogen and oxygen atoms in total. The lowest BCUT2D eigenvalue weighted by Gasteiger charge is -2.33. The molecule has 2 rings (SSSR count). The van der Waals surface area contributed by atoms with Crippen molar-refractivity contribution in [1.82, 2.24) is 24.5 Å². The topological polar surface area (TPSA) is 112 Å². The molecule has 42 heavy (non-hydrogen) atoms. The number of benzene rings is 1. The van der Waals surface area contributed by atoms with E-state index in [0.717, 1.165) is 5.56 Å². The van der Waals surface area contributed by atoms with Crippen LogP contribution in [0.1, 0.15) is 26.3 Å². The van der Waals surface area contributed by atoms with Gasteiger partial charge in [0.05, 0.1) is 46.0 Å². The number of nitrogens with zero attached hydrogens (tertiary/aromatic N) is 5. The fourth-order valence-corrected chi connectivity index (χ4v) is 4.64. The van der Waals surface area contributed by atoms with Gasteiger partial charge in [0.25, 0.3) is 0 Å². The van der Waals surface area contributed by atoms with Gasteiger partial charge < -0.3 is 19.1 Å². The van der Waals surface area contributed by atoms with Crippen LogP contribution in [0.5, 0.6) is 0 Å². The Labute approximate surface area is 250 Å². The van der Waals surface area contributed by atoms with Crippen molar-refractivity contribution in [2.24, 2.45) is 0 Å². The van der Waals surface area contributed by atoms with E-state index in [4.69, 9.17) is 14.2 Å². The standard InChI is InChI=1S/C30H49N5O7/c1-5-40-28(37)23-33-15-13-32(22-27(36)31(4)21-26-11-9-8-10-12-26)14-16-34(24-29(38)41-6-2)18-20-35(19-17-33)25-30(39)42-7-3/h8-12H,5-7,13-25H2,1-4H3. The number of hydrogen-bond acceptors (Lipinski definition) is 11. The summed E-state index contributed by atoms with van der Waals surface area (Å²) in [5.74, 6) is -0.956. The van der Waals surface area contributed by atoms with E-state index in [9.17, 15) is 19.2 Å². The van der Waals surface area contributed by atoms with Crippen LogP contribution in [0.15, 0.2) is 30.3 Å². The van der Waals surface area contributed by atoms with E-state index in [1.54, 1.807) is 32.7 Å². The Bertz CT molecular complexity index is 929. The van der Waals surface area contributed by atoms with Gasteiger partial charge in [0.2, 0.25) is 5.91 Å². The normalized spacial score (nSPS) is 16.6. The van der Waals surface area contributed by atoms with Crippen molar-refractivity contribution < 1.29 is 33.4 Å². The molecule has 236 valence electrons. The average Bonchev–Trinajstić information content (AvgIpc) is 2.95.